The lowest BCUT2D eigenvalue weighted by Crippen LogP contribution is -2.41. The van der Waals surface area contributed by atoms with E-state index in [4.69, 9.17) is 9.31 Å². The predicted molar refractivity (Wildman–Crippen MR) is 94.6 cm³/mol. The fourth-order valence-electron chi connectivity index (χ4n) is 2.75. The molecule has 0 unspecified atom stereocenters. The molecule has 6 heteroatoms. The summed E-state index contributed by atoms with van der Waals surface area (Å²) in [6.45, 7) is 8.18. The fourth-order valence-corrected chi connectivity index (χ4v) is 2.75. The minimum absolute atomic E-state index is 0.360. The van der Waals surface area contributed by atoms with Gasteiger partial charge in [-0.2, -0.15) is 5.10 Å². The predicted octanol–water partition coefficient (Wildman–Crippen LogP) is 2.72. The molecule has 0 N–H and O–H groups in total. The lowest BCUT2D eigenvalue weighted by atomic mass is 9.82. The first-order chi connectivity index (χ1) is 11.4. The van der Waals surface area contributed by atoms with E-state index in [1.807, 2.05) is 70.3 Å². The Bertz CT molecular complexity index is 888. The molecule has 2 aromatic heterocycles. The van der Waals surface area contributed by atoms with Gasteiger partial charge < -0.3 is 9.31 Å². The number of para-hydroxylation sites is 1. The van der Waals surface area contributed by atoms with E-state index in [2.05, 4.69) is 10.1 Å². The van der Waals surface area contributed by atoms with Crippen LogP contribution in [0.1, 0.15) is 27.7 Å². The number of hydrogen-bond donors (Lipinski definition) is 0. The molecule has 0 amide bonds. The van der Waals surface area contributed by atoms with Crippen molar-refractivity contribution in [2.24, 2.45) is 0 Å². The SMILES string of the molecule is CC1(C)OB(c2cnn(-c3ccc4ccccc4n3)c2)OC1(C)C. The molecule has 122 valence electrons. The summed E-state index contributed by atoms with van der Waals surface area (Å²) in [5, 5.41) is 5.54. The van der Waals surface area contributed by atoms with E-state index in [1.165, 1.54) is 0 Å². The Balaban J connectivity index is 1.65. The largest absolute Gasteiger partial charge is 0.498 e. The number of pyridine rings is 1. The molecule has 5 nitrogen and oxygen atoms in total. The fraction of sp³-hybridized carbons (Fsp3) is 0.333. The van der Waals surface area contributed by atoms with Crippen molar-refractivity contribution in [2.75, 3.05) is 0 Å². The number of aromatic nitrogens is 3. The van der Waals surface area contributed by atoms with Crippen molar-refractivity contribution in [3.05, 3.63) is 48.8 Å². The molecule has 0 aliphatic carbocycles. The van der Waals surface area contributed by atoms with Gasteiger partial charge in [-0.1, -0.05) is 18.2 Å². The van der Waals surface area contributed by atoms with E-state index < -0.39 is 7.12 Å². The summed E-state index contributed by atoms with van der Waals surface area (Å²) in [6, 6.07) is 12.0. The third kappa shape index (κ3) is 2.42. The molecular weight excluding hydrogens is 301 g/mol. The van der Waals surface area contributed by atoms with E-state index in [0.717, 1.165) is 22.2 Å². The molecule has 1 aliphatic rings. The van der Waals surface area contributed by atoms with Gasteiger partial charge in [-0.15, -0.1) is 0 Å². The Kier molecular flexibility index (Phi) is 3.30. The Morgan fingerprint density at radius 3 is 2.42 bits per heavy atom. The van der Waals surface area contributed by atoms with Crippen molar-refractivity contribution in [3.63, 3.8) is 0 Å². The van der Waals surface area contributed by atoms with Crippen LogP contribution >= 0.6 is 0 Å². The lowest BCUT2D eigenvalue weighted by molar-refractivity contribution is 0.00578. The van der Waals surface area contributed by atoms with Crippen molar-refractivity contribution in [1.82, 2.24) is 14.8 Å². The minimum Gasteiger partial charge on any atom is -0.399 e. The highest BCUT2D eigenvalue weighted by Crippen LogP contribution is 2.36. The smallest absolute Gasteiger partial charge is 0.399 e. The van der Waals surface area contributed by atoms with E-state index in [1.54, 1.807) is 10.9 Å². The van der Waals surface area contributed by atoms with Crippen molar-refractivity contribution in [3.8, 4) is 5.82 Å². The third-order valence-corrected chi connectivity index (χ3v) is 4.95. The molecule has 1 fully saturated rings. The molecule has 4 rings (SSSR count). The molecule has 0 atom stereocenters. The van der Waals surface area contributed by atoms with Crippen LogP contribution in [-0.2, 0) is 9.31 Å². The molecule has 3 heterocycles. The molecule has 1 saturated heterocycles. The van der Waals surface area contributed by atoms with Gasteiger partial charge in [0.15, 0.2) is 5.82 Å². The maximum Gasteiger partial charge on any atom is 0.498 e. The van der Waals surface area contributed by atoms with Crippen LogP contribution < -0.4 is 5.46 Å². The molecule has 1 aliphatic heterocycles. The van der Waals surface area contributed by atoms with Crippen molar-refractivity contribution >= 4 is 23.5 Å². The molecule has 1 aromatic carbocycles. The average Bonchev–Trinajstić information content (AvgIpc) is 3.10. The molecule has 24 heavy (non-hydrogen) atoms. The van der Waals surface area contributed by atoms with E-state index in [9.17, 15) is 0 Å². The summed E-state index contributed by atoms with van der Waals surface area (Å²) in [4.78, 5) is 4.66. The van der Waals surface area contributed by atoms with E-state index in [0.29, 0.717) is 0 Å². The second-order valence-corrected chi connectivity index (χ2v) is 7.17. The third-order valence-electron chi connectivity index (χ3n) is 4.95. The molecule has 0 saturated carbocycles. The Hall–Kier alpha value is -2.18. The summed E-state index contributed by atoms with van der Waals surface area (Å²) in [7, 11) is -0.413. The van der Waals surface area contributed by atoms with Crippen molar-refractivity contribution in [2.45, 2.75) is 38.9 Å². The first-order valence-corrected chi connectivity index (χ1v) is 8.12. The van der Waals surface area contributed by atoms with Gasteiger partial charge in [-0.05, 0) is 45.9 Å². The average molecular weight is 321 g/mol. The number of rotatable bonds is 2. The minimum atomic E-state index is -0.413. The molecular formula is C18H20BN3O2. The zero-order chi connectivity index (χ0) is 16.9. The normalized spacial score (nSPS) is 19.1. The monoisotopic (exact) mass is 321 g/mol. The van der Waals surface area contributed by atoms with Gasteiger partial charge in [-0.3, -0.25) is 0 Å². The molecule has 3 aromatic rings. The van der Waals surface area contributed by atoms with Gasteiger partial charge in [0.05, 0.1) is 16.7 Å². The topological polar surface area (TPSA) is 49.2 Å². The van der Waals surface area contributed by atoms with Crippen LogP contribution in [0.2, 0.25) is 0 Å². The van der Waals surface area contributed by atoms with Crippen LogP contribution in [-0.4, -0.2) is 33.1 Å². The summed E-state index contributed by atoms with van der Waals surface area (Å²) in [5.74, 6) is 0.775. The van der Waals surface area contributed by atoms with Crippen LogP contribution in [0.25, 0.3) is 16.7 Å². The van der Waals surface area contributed by atoms with Crippen molar-refractivity contribution in [1.29, 1.82) is 0 Å². The van der Waals surface area contributed by atoms with Crippen LogP contribution in [0.5, 0.6) is 0 Å². The van der Waals surface area contributed by atoms with E-state index in [-0.39, 0.29) is 11.2 Å². The van der Waals surface area contributed by atoms with Crippen LogP contribution in [0.3, 0.4) is 0 Å². The second-order valence-electron chi connectivity index (χ2n) is 7.17. The van der Waals surface area contributed by atoms with Gasteiger partial charge in [0, 0.05) is 23.2 Å². The highest BCUT2D eigenvalue weighted by Gasteiger charge is 2.52. The maximum atomic E-state index is 6.07. The summed E-state index contributed by atoms with van der Waals surface area (Å²) in [6.07, 6.45) is 3.69. The van der Waals surface area contributed by atoms with Crippen LogP contribution in [0.4, 0.5) is 0 Å². The number of benzene rings is 1. The van der Waals surface area contributed by atoms with Crippen LogP contribution in [0.15, 0.2) is 48.8 Å². The van der Waals surface area contributed by atoms with Crippen molar-refractivity contribution < 1.29 is 9.31 Å². The number of nitrogens with zero attached hydrogens (tertiary/aromatic N) is 3. The summed E-state index contributed by atoms with van der Waals surface area (Å²) >= 11 is 0. The highest BCUT2D eigenvalue weighted by molar-refractivity contribution is 6.62. The quantitative estimate of drug-likeness (QED) is 0.681. The number of hydrogen-bond acceptors (Lipinski definition) is 4. The lowest BCUT2D eigenvalue weighted by Gasteiger charge is -2.32. The molecule has 0 spiro atoms. The Morgan fingerprint density at radius 1 is 0.958 bits per heavy atom. The van der Waals surface area contributed by atoms with Gasteiger partial charge in [0.1, 0.15) is 0 Å². The first-order valence-electron chi connectivity index (χ1n) is 8.12. The number of fused-ring (bicyclic) bond motifs is 1. The highest BCUT2D eigenvalue weighted by atomic mass is 16.7. The van der Waals surface area contributed by atoms with Crippen LogP contribution in [0, 0.1) is 0 Å². The standard InChI is InChI=1S/C18H20BN3O2/c1-17(2)18(3,4)24-19(23-17)14-11-20-22(12-14)16-10-9-13-7-5-6-8-15(13)21-16/h5-12H,1-4H3. The van der Waals surface area contributed by atoms with Gasteiger partial charge in [0.25, 0.3) is 0 Å². The Morgan fingerprint density at radius 2 is 1.67 bits per heavy atom. The first kappa shape index (κ1) is 15.4. The van der Waals surface area contributed by atoms with Gasteiger partial charge in [0.2, 0.25) is 0 Å². The zero-order valence-electron chi connectivity index (χ0n) is 14.4. The Labute approximate surface area is 141 Å². The zero-order valence-corrected chi connectivity index (χ0v) is 14.4. The van der Waals surface area contributed by atoms with Gasteiger partial charge in [-0.25, -0.2) is 9.67 Å². The molecule has 0 radical (unpaired) electrons. The maximum absolute atomic E-state index is 6.07. The van der Waals surface area contributed by atoms with Gasteiger partial charge >= 0.3 is 7.12 Å². The molecule has 0 bridgehead atoms. The summed E-state index contributed by atoms with van der Waals surface area (Å²) < 4.78 is 13.9. The summed E-state index contributed by atoms with van der Waals surface area (Å²) in [5.41, 5.74) is 1.12. The van der Waals surface area contributed by atoms with E-state index >= 15 is 0 Å². The second kappa shape index (κ2) is 5.16.